The Balaban J connectivity index is 1.69. The molecule has 2 N–H and O–H groups in total. The summed E-state index contributed by atoms with van der Waals surface area (Å²) in [6, 6.07) is 13.7. The van der Waals surface area contributed by atoms with E-state index in [0.717, 1.165) is 22.6 Å². The number of hydrogen-bond donors (Lipinski definition) is 2. The largest absolute Gasteiger partial charge is 0.332 e. The van der Waals surface area contributed by atoms with E-state index < -0.39 is 4.92 Å². The fraction of sp³-hybridized carbons (Fsp3) is 0.158. The van der Waals surface area contributed by atoms with Crippen molar-refractivity contribution in [2.24, 2.45) is 0 Å². The minimum absolute atomic E-state index is 0.0274. The first kappa shape index (κ1) is 19.8. The molecule has 3 rings (SSSR count). The van der Waals surface area contributed by atoms with Crippen molar-refractivity contribution in [2.75, 3.05) is 10.6 Å². The number of aryl methyl sites for hydroxylation is 1. The Morgan fingerprint density at radius 1 is 1.14 bits per heavy atom. The lowest BCUT2D eigenvalue weighted by Crippen LogP contribution is -2.20. The van der Waals surface area contributed by atoms with Crippen molar-refractivity contribution < 1.29 is 4.92 Å². The fourth-order valence-electron chi connectivity index (χ4n) is 2.74. The number of thiocarbonyl (C=S) groups is 1. The molecule has 3 aromatic rings. The monoisotopic (exact) mass is 415 g/mol. The van der Waals surface area contributed by atoms with Crippen LogP contribution >= 0.6 is 23.8 Å². The van der Waals surface area contributed by atoms with Crippen molar-refractivity contribution in [1.29, 1.82) is 0 Å². The summed E-state index contributed by atoms with van der Waals surface area (Å²) in [6.07, 6.45) is 0. The molecule has 0 fully saturated rings. The van der Waals surface area contributed by atoms with E-state index in [2.05, 4.69) is 15.7 Å². The first-order valence-corrected chi connectivity index (χ1v) is 9.23. The maximum absolute atomic E-state index is 10.7. The summed E-state index contributed by atoms with van der Waals surface area (Å²) in [6.45, 7) is 4.49. The van der Waals surface area contributed by atoms with E-state index in [1.807, 2.05) is 42.8 Å². The van der Waals surface area contributed by atoms with Gasteiger partial charge in [0.05, 0.1) is 28.5 Å². The highest BCUT2D eigenvalue weighted by atomic mass is 35.5. The quantitative estimate of drug-likeness (QED) is 0.349. The van der Waals surface area contributed by atoms with Gasteiger partial charge in [0.15, 0.2) is 5.11 Å². The molecule has 144 valence electrons. The number of anilines is 2. The maximum Gasteiger partial charge on any atom is 0.269 e. The Morgan fingerprint density at radius 2 is 1.79 bits per heavy atom. The summed E-state index contributed by atoms with van der Waals surface area (Å²) in [5.41, 5.74) is 4.37. The van der Waals surface area contributed by atoms with E-state index in [1.165, 1.54) is 12.1 Å². The number of nitrogens with zero attached hydrogens (tertiary/aromatic N) is 3. The second kappa shape index (κ2) is 8.37. The number of non-ortho nitro benzene ring substituents is 1. The zero-order valence-electron chi connectivity index (χ0n) is 15.3. The highest BCUT2D eigenvalue weighted by molar-refractivity contribution is 7.80. The van der Waals surface area contributed by atoms with Gasteiger partial charge < -0.3 is 10.6 Å². The number of aromatic nitrogens is 2. The van der Waals surface area contributed by atoms with E-state index in [4.69, 9.17) is 23.8 Å². The van der Waals surface area contributed by atoms with Crippen LogP contribution < -0.4 is 10.6 Å². The minimum atomic E-state index is -0.442. The first-order chi connectivity index (χ1) is 13.3. The van der Waals surface area contributed by atoms with Crippen LogP contribution in [0.1, 0.15) is 17.0 Å². The van der Waals surface area contributed by atoms with Crippen LogP contribution in [0.25, 0.3) is 0 Å². The van der Waals surface area contributed by atoms with Crippen LogP contribution in [0.15, 0.2) is 48.5 Å². The van der Waals surface area contributed by atoms with Gasteiger partial charge in [0.25, 0.3) is 5.69 Å². The van der Waals surface area contributed by atoms with Gasteiger partial charge in [-0.2, -0.15) is 5.10 Å². The van der Waals surface area contributed by atoms with Gasteiger partial charge in [-0.15, -0.1) is 0 Å². The molecule has 0 unspecified atom stereocenters. The number of rotatable bonds is 5. The summed E-state index contributed by atoms with van der Waals surface area (Å²) in [5, 5.41) is 22.6. The van der Waals surface area contributed by atoms with Crippen LogP contribution in [-0.4, -0.2) is 19.8 Å². The molecule has 1 aromatic heterocycles. The molecule has 0 saturated heterocycles. The normalized spacial score (nSPS) is 10.5. The lowest BCUT2D eigenvalue weighted by atomic mass is 10.2. The summed E-state index contributed by atoms with van der Waals surface area (Å²) in [4.78, 5) is 10.3. The van der Waals surface area contributed by atoms with Crippen molar-refractivity contribution >= 4 is 46.0 Å². The van der Waals surface area contributed by atoms with E-state index in [9.17, 15) is 10.1 Å². The van der Waals surface area contributed by atoms with Gasteiger partial charge in [-0.05, 0) is 55.9 Å². The van der Waals surface area contributed by atoms with Crippen LogP contribution in [0.2, 0.25) is 5.02 Å². The predicted octanol–water partition coefficient (Wildman–Crippen LogP) is 4.92. The molecule has 0 radical (unpaired) electrons. The second-order valence-corrected chi connectivity index (χ2v) is 7.06. The van der Waals surface area contributed by atoms with Crippen molar-refractivity contribution in [3.63, 3.8) is 0 Å². The molecule has 0 saturated carbocycles. The molecule has 0 bridgehead atoms. The van der Waals surface area contributed by atoms with Gasteiger partial charge in [0, 0.05) is 22.8 Å². The number of halogens is 1. The summed E-state index contributed by atoms with van der Waals surface area (Å²) < 4.78 is 1.90. The van der Waals surface area contributed by atoms with Crippen LogP contribution in [0, 0.1) is 24.0 Å². The topological polar surface area (TPSA) is 85.0 Å². The lowest BCUT2D eigenvalue weighted by molar-refractivity contribution is -0.384. The molecule has 9 heteroatoms. The van der Waals surface area contributed by atoms with Gasteiger partial charge in [-0.25, -0.2) is 0 Å². The van der Waals surface area contributed by atoms with Crippen LogP contribution in [0.5, 0.6) is 0 Å². The molecule has 0 atom stereocenters. The standard InChI is InChI=1S/C19H18ClN5O2S/c1-12-18(13(2)24(23-12)11-14-3-5-15(20)6-4-14)22-19(28)21-16-7-9-17(10-8-16)25(26)27/h3-10H,11H2,1-2H3,(H2,21,22,28). The summed E-state index contributed by atoms with van der Waals surface area (Å²) in [7, 11) is 0. The van der Waals surface area contributed by atoms with Crippen LogP contribution in [-0.2, 0) is 6.54 Å². The molecule has 1 heterocycles. The zero-order chi connectivity index (χ0) is 20.3. The number of hydrogen-bond acceptors (Lipinski definition) is 4. The number of nitro groups is 1. The van der Waals surface area contributed by atoms with E-state index in [-0.39, 0.29) is 5.69 Å². The molecule has 0 amide bonds. The van der Waals surface area contributed by atoms with Gasteiger partial charge in [-0.1, -0.05) is 23.7 Å². The SMILES string of the molecule is Cc1nn(Cc2ccc(Cl)cc2)c(C)c1NC(=S)Nc1ccc([N+](=O)[O-])cc1. The molecule has 0 aliphatic carbocycles. The van der Waals surface area contributed by atoms with E-state index >= 15 is 0 Å². The Hall–Kier alpha value is -2.97. The third-order valence-corrected chi connectivity index (χ3v) is 4.66. The van der Waals surface area contributed by atoms with E-state index in [0.29, 0.717) is 22.4 Å². The summed E-state index contributed by atoms with van der Waals surface area (Å²) >= 11 is 11.3. The lowest BCUT2D eigenvalue weighted by Gasteiger charge is -2.11. The third-order valence-electron chi connectivity index (χ3n) is 4.20. The van der Waals surface area contributed by atoms with Gasteiger partial charge in [-0.3, -0.25) is 14.8 Å². The molecule has 0 aliphatic rings. The predicted molar refractivity (Wildman–Crippen MR) is 115 cm³/mol. The fourth-order valence-corrected chi connectivity index (χ4v) is 3.08. The van der Waals surface area contributed by atoms with Crippen molar-refractivity contribution in [2.45, 2.75) is 20.4 Å². The zero-order valence-corrected chi connectivity index (χ0v) is 16.8. The summed E-state index contributed by atoms with van der Waals surface area (Å²) in [5.74, 6) is 0. The van der Waals surface area contributed by atoms with Gasteiger partial charge >= 0.3 is 0 Å². The number of benzene rings is 2. The van der Waals surface area contributed by atoms with Crippen molar-refractivity contribution in [3.05, 3.63) is 80.6 Å². The van der Waals surface area contributed by atoms with Crippen molar-refractivity contribution in [1.82, 2.24) is 9.78 Å². The minimum Gasteiger partial charge on any atom is -0.332 e. The Labute approximate surface area is 172 Å². The molecule has 28 heavy (non-hydrogen) atoms. The Morgan fingerprint density at radius 3 is 2.39 bits per heavy atom. The molecule has 7 nitrogen and oxygen atoms in total. The smallest absolute Gasteiger partial charge is 0.269 e. The number of nitrogens with one attached hydrogen (secondary N) is 2. The van der Waals surface area contributed by atoms with Gasteiger partial charge in [0.2, 0.25) is 0 Å². The Kier molecular flexibility index (Phi) is 5.91. The van der Waals surface area contributed by atoms with E-state index in [1.54, 1.807) is 12.1 Å². The molecular formula is C19H18ClN5O2S. The molecule has 2 aromatic carbocycles. The van der Waals surface area contributed by atoms with Crippen LogP contribution in [0.4, 0.5) is 17.1 Å². The van der Waals surface area contributed by atoms with Gasteiger partial charge in [0.1, 0.15) is 0 Å². The Bertz CT molecular complexity index is 1020. The average Bonchev–Trinajstić information content (AvgIpc) is 2.91. The third kappa shape index (κ3) is 4.65. The second-order valence-electron chi connectivity index (χ2n) is 6.21. The molecule has 0 spiro atoms. The highest BCUT2D eigenvalue weighted by Gasteiger charge is 2.13. The first-order valence-electron chi connectivity index (χ1n) is 8.44. The maximum atomic E-state index is 10.7. The van der Waals surface area contributed by atoms with Crippen LogP contribution in [0.3, 0.4) is 0 Å². The molecule has 0 aliphatic heterocycles. The molecular weight excluding hydrogens is 398 g/mol. The highest BCUT2D eigenvalue weighted by Crippen LogP contribution is 2.22. The average molecular weight is 416 g/mol. The number of nitro benzene ring substituents is 1. The van der Waals surface area contributed by atoms with Crippen molar-refractivity contribution in [3.8, 4) is 0 Å².